The Balaban J connectivity index is 1.82. The third-order valence-corrected chi connectivity index (χ3v) is 4.97. The van der Waals surface area contributed by atoms with E-state index in [2.05, 4.69) is 25.5 Å². The summed E-state index contributed by atoms with van der Waals surface area (Å²) in [7, 11) is 1.63. The van der Waals surface area contributed by atoms with Crippen LogP contribution in [0.2, 0.25) is 0 Å². The molecule has 0 aliphatic heterocycles. The lowest BCUT2D eigenvalue weighted by atomic mass is 10.1. The fourth-order valence-electron chi connectivity index (χ4n) is 2.77. The van der Waals surface area contributed by atoms with E-state index in [1.54, 1.807) is 18.1 Å². The van der Waals surface area contributed by atoms with Crippen LogP contribution in [0.1, 0.15) is 11.1 Å². The molecule has 4 aromatic rings. The van der Waals surface area contributed by atoms with Crippen molar-refractivity contribution in [3.63, 3.8) is 0 Å². The monoisotopic (exact) mass is 364 g/mol. The van der Waals surface area contributed by atoms with Crippen molar-refractivity contribution in [2.24, 2.45) is 0 Å². The summed E-state index contributed by atoms with van der Waals surface area (Å²) in [5.74, 6) is 0.702. The van der Waals surface area contributed by atoms with E-state index in [4.69, 9.17) is 4.74 Å². The summed E-state index contributed by atoms with van der Waals surface area (Å²) in [6.45, 7) is 4.06. The highest BCUT2D eigenvalue weighted by molar-refractivity contribution is 7.99. The van der Waals surface area contributed by atoms with Crippen molar-refractivity contribution in [2.45, 2.75) is 24.0 Å². The van der Waals surface area contributed by atoms with E-state index >= 15 is 0 Å². The second kappa shape index (κ2) is 6.72. The molecule has 0 spiro atoms. The Kier molecular flexibility index (Phi) is 4.26. The van der Waals surface area contributed by atoms with Crippen molar-refractivity contribution >= 4 is 22.7 Å². The molecule has 0 atom stereocenters. The molecule has 0 aliphatic carbocycles. The number of aromatic nitrogens is 6. The molecule has 0 unspecified atom stereocenters. The minimum Gasteiger partial charge on any atom is -0.494 e. The van der Waals surface area contributed by atoms with Gasteiger partial charge >= 0.3 is 0 Å². The first kappa shape index (κ1) is 16.5. The van der Waals surface area contributed by atoms with Crippen LogP contribution in [0.15, 0.2) is 52.9 Å². The van der Waals surface area contributed by atoms with E-state index in [0.717, 1.165) is 32.7 Å². The molecule has 0 amide bonds. The summed E-state index contributed by atoms with van der Waals surface area (Å²) in [5.41, 5.74) is 3.89. The maximum Gasteiger partial charge on any atom is 0.220 e. The zero-order valence-electron chi connectivity index (χ0n) is 14.5. The molecule has 2 heterocycles. The molecule has 8 heteroatoms. The third-order valence-electron chi connectivity index (χ3n) is 4.03. The predicted molar refractivity (Wildman–Crippen MR) is 98.8 cm³/mol. The normalized spacial score (nSPS) is 11.0. The smallest absolute Gasteiger partial charge is 0.220 e. The minimum atomic E-state index is 0.608. The number of hydrogen-bond donors (Lipinski definition) is 0. The number of aryl methyl sites for hydroxylation is 2. The number of benzene rings is 2. The summed E-state index contributed by atoms with van der Waals surface area (Å²) in [6, 6.07) is 11.9. The summed E-state index contributed by atoms with van der Waals surface area (Å²) in [5, 5.41) is 14.6. The second-order valence-electron chi connectivity index (χ2n) is 5.80. The Morgan fingerprint density at radius 2 is 1.96 bits per heavy atom. The van der Waals surface area contributed by atoms with Gasteiger partial charge in [0, 0.05) is 5.39 Å². The first-order valence-corrected chi connectivity index (χ1v) is 8.80. The van der Waals surface area contributed by atoms with Gasteiger partial charge in [0.15, 0.2) is 0 Å². The summed E-state index contributed by atoms with van der Waals surface area (Å²) in [4.78, 5) is 8.80. The number of methoxy groups -OCH3 is 1. The number of hydrogen-bond acceptors (Lipinski definition) is 7. The Morgan fingerprint density at radius 1 is 1.08 bits per heavy atom. The molecule has 7 nitrogen and oxygen atoms in total. The summed E-state index contributed by atoms with van der Waals surface area (Å²) >= 11 is 1.40. The molecule has 130 valence electrons. The van der Waals surface area contributed by atoms with Crippen molar-refractivity contribution in [3.8, 4) is 11.4 Å². The number of fused-ring (bicyclic) bond motifs is 1. The number of nitrogens with zero attached hydrogens (tertiary/aromatic N) is 6. The molecule has 26 heavy (non-hydrogen) atoms. The van der Waals surface area contributed by atoms with E-state index in [1.165, 1.54) is 11.8 Å². The van der Waals surface area contributed by atoms with Crippen LogP contribution in [-0.4, -0.2) is 37.3 Å². The second-order valence-corrected chi connectivity index (χ2v) is 6.75. The highest BCUT2D eigenvalue weighted by Crippen LogP contribution is 2.33. The van der Waals surface area contributed by atoms with Gasteiger partial charge in [-0.1, -0.05) is 18.2 Å². The van der Waals surface area contributed by atoms with Gasteiger partial charge in [0.2, 0.25) is 5.16 Å². The molecule has 4 rings (SSSR count). The van der Waals surface area contributed by atoms with Crippen LogP contribution in [-0.2, 0) is 0 Å². The van der Waals surface area contributed by atoms with E-state index in [-0.39, 0.29) is 0 Å². The largest absolute Gasteiger partial charge is 0.494 e. The Labute approximate surface area is 154 Å². The van der Waals surface area contributed by atoms with Crippen LogP contribution < -0.4 is 4.74 Å². The van der Waals surface area contributed by atoms with Gasteiger partial charge in [-0.2, -0.15) is 4.68 Å². The molecule has 0 fully saturated rings. The molecular weight excluding hydrogens is 348 g/mol. The van der Waals surface area contributed by atoms with Crippen LogP contribution >= 0.6 is 11.8 Å². The van der Waals surface area contributed by atoms with Gasteiger partial charge in [-0.05, 0) is 65.4 Å². The van der Waals surface area contributed by atoms with E-state index in [1.807, 2.05) is 50.2 Å². The van der Waals surface area contributed by atoms with Crippen LogP contribution in [0.5, 0.6) is 5.75 Å². The van der Waals surface area contributed by atoms with E-state index in [9.17, 15) is 0 Å². The van der Waals surface area contributed by atoms with Gasteiger partial charge in [-0.3, -0.25) is 0 Å². The van der Waals surface area contributed by atoms with Gasteiger partial charge < -0.3 is 4.74 Å². The van der Waals surface area contributed by atoms with Crippen molar-refractivity contribution in [3.05, 3.63) is 53.9 Å². The molecule has 0 N–H and O–H groups in total. The van der Waals surface area contributed by atoms with Crippen molar-refractivity contribution in [2.75, 3.05) is 7.11 Å². The molecule has 0 bridgehead atoms. The number of ether oxygens (including phenoxy) is 1. The summed E-state index contributed by atoms with van der Waals surface area (Å²) < 4.78 is 7.14. The van der Waals surface area contributed by atoms with Crippen LogP contribution in [0.4, 0.5) is 0 Å². The lowest BCUT2D eigenvalue weighted by Crippen LogP contribution is -2.03. The van der Waals surface area contributed by atoms with Gasteiger partial charge in [0.25, 0.3) is 0 Å². The first-order chi connectivity index (χ1) is 12.7. The molecular formula is C18H16N6OS. The molecule has 0 aliphatic rings. The highest BCUT2D eigenvalue weighted by Gasteiger charge is 2.17. The quantitative estimate of drug-likeness (QED) is 0.514. The molecule has 0 saturated heterocycles. The Bertz CT molecular complexity index is 1090. The highest BCUT2D eigenvalue weighted by atomic mass is 32.2. The van der Waals surface area contributed by atoms with E-state index < -0.39 is 0 Å². The third kappa shape index (κ3) is 2.88. The van der Waals surface area contributed by atoms with Crippen LogP contribution in [0, 0.1) is 13.8 Å². The average molecular weight is 364 g/mol. The maximum absolute atomic E-state index is 5.47. The SMILES string of the molecule is COc1ccc(C)cc1-n1nnnc1Sc1ncnc2cccc(C)c12. The van der Waals surface area contributed by atoms with Crippen LogP contribution in [0.25, 0.3) is 16.6 Å². The lowest BCUT2D eigenvalue weighted by Gasteiger charge is -2.11. The van der Waals surface area contributed by atoms with Gasteiger partial charge in [-0.15, -0.1) is 5.10 Å². The zero-order valence-corrected chi connectivity index (χ0v) is 15.4. The van der Waals surface area contributed by atoms with Gasteiger partial charge in [0.1, 0.15) is 22.8 Å². The fraction of sp³-hybridized carbons (Fsp3) is 0.167. The predicted octanol–water partition coefficient (Wildman–Crippen LogP) is 3.38. The number of rotatable bonds is 4. The molecule has 2 aromatic carbocycles. The molecule has 2 aromatic heterocycles. The molecule has 0 radical (unpaired) electrons. The fourth-order valence-corrected chi connectivity index (χ4v) is 3.71. The first-order valence-electron chi connectivity index (χ1n) is 7.99. The van der Waals surface area contributed by atoms with Crippen molar-refractivity contribution in [1.82, 2.24) is 30.2 Å². The lowest BCUT2D eigenvalue weighted by molar-refractivity contribution is 0.410. The molecule has 0 saturated carbocycles. The number of tetrazole rings is 1. The van der Waals surface area contributed by atoms with Crippen molar-refractivity contribution in [1.29, 1.82) is 0 Å². The van der Waals surface area contributed by atoms with Crippen molar-refractivity contribution < 1.29 is 4.74 Å². The van der Waals surface area contributed by atoms with Crippen LogP contribution in [0.3, 0.4) is 0 Å². The van der Waals surface area contributed by atoms with Gasteiger partial charge in [-0.25, -0.2) is 9.97 Å². The van der Waals surface area contributed by atoms with Gasteiger partial charge in [0.05, 0.1) is 12.6 Å². The summed E-state index contributed by atoms with van der Waals surface area (Å²) in [6.07, 6.45) is 1.56. The topological polar surface area (TPSA) is 78.6 Å². The Morgan fingerprint density at radius 3 is 2.81 bits per heavy atom. The maximum atomic E-state index is 5.47. The van der Waals surface area contributed by atoms with E-state index in [0.29, 0.717) is 10.9 Å². The average Bonchev–Trinajstić information content (AvgIpc) is 3.10. The minimum absolute atomic E-state index is 0.608. The standard InChI is InChI=1S/C18H16N6OS/c1-11-7-8-15(25-3)14(9-11)24-18(21-22-23-24)26-17-16-12(2)5-4-6-13(16)19-10-20-17/h4-10H,1-3H3. The zero-order chi connectivity index (χ0) is 18.1. The Hall–Kier alpha value is -3.00.